The van der Waals surface area contributed by atoms with E-state index >= 15 is 0 Å². The Morgan fingerprint density at radius 1 is 1.27 bits per heavy atom. The fourth-order valence-corrected chi connectivity index (χ4v) is 2.16. The first-order chi connectivity index (χ1) is 10.6. The van der Waals surface area contributed by atoms with E-state index in [0.717, 1.165) is 15.9 Å². The SMILES string of the molecule is COc1ccc(NC(=S)N/N=C/c2cc(Br)ccc2F)cc1. The number of hydrogen-bond donors (Lipinski definition) is 2. The van der Waals surface area contributed by atoms with Crippen LogP contribution in [0.25, 0.3) is 0 Å². The summed E-state index contributed by atoms with van der Waals surface area (Å²) in [6.45, 7) is 0. The van der Waals surface area contributed by atoms with Gasteiger partial charge in [-0.2, -0.15) is 5.10 Å². The van der Waals surface area contributed by atoms with Crippen LogP contribution in [0, 0.1) is 5.82 Å². The van der Waals surface area contributed by atoms with E-state index in [1.165, 1.54) is 12.3 Å². The van der Waals surface area contributed by atoms with Gasteiger partial charge in [-0.05, 0) is 54.7 Å². The van der Waals surface area contributed by atoms with Crippen LogP contribution in [0.15, 0.2) is 52.0 Å². The zero-order chi connectivity index (χ0) is 15.9. The number of anilines is 1. The monoisotopic (exact) mass is 381 g/mol. The Kier molecular flexibility index (Phi) is 5.85. The molecular weight excluding hydrogens is 369 g/mol. The molecule has 0 spiro atoms. The summed E-state index contributed by atoms with van der Waals surface area (Å²) in [6, 6.07) is 11.9. The van der Waals surface area contributed by atoms with E-state index in [1.54, 1.807) is 19.2 Å². The van der Waals surface area contributed by atoms with E-state index in [1.807, 2.05) is 24.3 Å². The van der Waals surface area contributed by atoms with E-state index in [2.05, 4.69) is 31.8 Å². The van der Waals surface area contributed by atoms with Crippen molar-refractivity contribution >= 4 is 45.2 Å². The molecule has 114 valence electrons. The van der Waals surface area contributed by atoms with Gasteiger partial charge in [0.05, 0.1) is 13.3 Å². The number of ether oxygens (including phenoxy) is 1. The van der Waals surface area contributed by atoms with Gasteiger partial charge in [0.2, 0.25) is 0 Å². The molecule has 0 aliphatic heterocycles. The van der Waals surface area contributed by atoms with Crippen LogP contribution in [-0.2, 0) is 0 Å². The second-order valence-corrected chi connectivity index (χ2v) is 5.54. The predicted molar refractivity (Wildman–Crippen MR) is 94.0 cm³/mol. The molecule has 0 bridgehead atoms. The lowest BCUT2D eigenvalue weighted by Gasteiger charge is -2.07. The molecule has 2 aromatic rings. The highest BCUT2D eigenvalue weighted by Crippen LogP contribution is 2.15. The van der Waals surface area contributed by atoms with Crippen molar-refractivity contribution in [3.8, 4) is 5.75 Å². The molecule has 0 aliphatic carbocycles. The largest absolute Gasteiger partial charge is 0.497 e. The third kappa shape index (κ3) is 4.78. The number of nitrogens with zero attached hydrogens (tertiary/aromatic N) is 1. The Hall–Kier alpha value is -1.99. The minimum Gasteiger partial charge on any atom is -0.497 e. The standard InChI is InChI=1S/C15H13BrFN3OS/c1-21-13-5-3-12(4-6-13)19-15(22)20-18-9-10-8-11(16)2-7-14(10)17/h2-9H,1H3,(H2,19,20,22)/b18-9+. The molecule has 2 aromatic carbocycles. The predicted octanol–water partition coefficient (Wildman–Crippen LogP) is 3.92. The van der Waals surface area contributed by atoms with Gasteiger partial charge in [-0.3, -0.25) is 5.43 Å². The van der Waals surface area contributed by atoms with E-state index in [0.29, 0.717) is 10.7 Å². The molecule has 7 heteroatoms. The number of nitrogens with one attached hydrogen (secondary N) is 2. The van der Waals surface area contributed by atoms with Gasteiger partial charge in [0, 0.05) is 15.7 Å². The summed E-state index contributed by atoms with van der Waals surface area (Å²) in [5, 5.41) is 7.17. The van der Waals surface area contributed by atoms with Crippen LogP contribution in [0.5, 0.6) is 5.75 Å². The third-order valence-corrected chi connectivity index (χ3v) is 3.36. The van der Waals surface area contributed by atoms with E-state index in [9.17, 15) is 4.39 Å². The lowest BCUT2D eigenvalue weighted by Crippen LogP contribution is -2.23. The number of methoxy groups -OCH3 is 1. The van der Waals surface area contributed by atoms with Crippen LogP contribution in [0.1, 0.15) is 5.56 Å². The minimum absolute atomic E-state index is 0.303. The maximum Gasteiger partial charge on any atom is 0.191 e. The first-order valence-electron chi connectivity index (χ1n) is 6.27. The Morgan fingerprint density at radius 2 is 2.00 bits per heavy atom. The third-order valence-electron chi connectivity index (χ3n) is 2.68. The smallest absolute Gasteiger partial charge is 0.191 e. The zero-order valence-electron chi connectivity index (χ0n) is 11.6. The van der Waals surface area contributed by atoms with Crippen LogP contribution in [0.3, 0.4) is 0 Å². The van der Waals surface area contributed by atoms with Gasteiger partial charge in [-0.15, -0.1) is 0 Å². The molecule has 0 aromatic heterocycles. The number of hydrazone groups is 1. The second-order valence-electron chi connectivity index (χ2n) is 4.22. The number of halogens is 2. The molecule has 0 fully saturated rings. The molecule has 0 amide bonds. The van der Waals surface area contributed by atoms with Crippen molar-refractivity contribution in [1.82, 2.24) is 5.43 Å². The van der Waals surface area contributed by atoms with Crippen molar-refractivity contribution in [2.24, 2.45) is 5.10 Å². The number of hydrogen-bond acceptors (Lipinski definition) is 3. The Balaban J connectivity index is 1.91. The molecule has 2 rings (SSSR count). The normalized spacial score (nSPS) is 10.5. The van der Waals surface area contributed by atoms with Gasteiger partial charge in [0.15, 0.2) is 5.11 Å². The zero-order valence-corrected chi connectivity index (χ0v) is 14.0. The average molecular weight is 382 g/mol. The lowest BCUT2D eigenvalue weighted by atomic mass is 10.2. The van der Waals surface area contributed by atoms with E-state index in [4.69, 9.17) is 17.0 Å². The molecule has 22 heavy (non-hydrogen) atoms. The van der Waals surface area contributed by atoms with E-state index in [-0.39, 0.29) is 5.82 Å². The van der Waals surface area contributed by atoms with E-state index < -0.39 is 0 Å². The number of rotatable bonds is 4. The molecule has 0 atom stereocenters. The minimum atomic E-state index is -0.359. The van der Waals surface area contributed by atoms with Gasteiger partial charge >= 0.3 is 0 Å². The summed E-state index contributed by atoms with van der Waals surface area (Å²) in [4.78, 5) is 0. The van der Waals surface area contributed by atoms with Gasteiger partial charge in [-0.25, -0.2) is 4.39 Å². The van der Waals surface area contributed by atoms with Crippen LogP contribution in [0.2, 0.25) is 0 Å². The van der Waals surface area contributed by atoms with Crippen molar-refractivity contribution in [2.45, 2.75) is 0 Å². The lowest BCUT2D eigenvalue weighted by molar-refractivity contribution is 0.415. The van der Waals surface area contributed by atoms with Gasteiger partial charge < -0.3 is 10.1 Å². The van der Waals surface area contributed by atoms with Crippen LogP contribution in [0.4, 0.5) is 10.1 Å². The first kappa shape index (κ1) is 16.4. The van der Waals surface area contributed by atoms with Gasteiger partial charge in [-0.1, -0.05) is 15.9 Å². The fraction of sp³-hybridized carbons (Fsp3) is 0.0667. The highest BCUT2D eigenvalue weighted by molar-refractivity contribution is 9.10. The van der Waals surface area contributed by atoms with Crippen LogP contribution < -0.4 is 15.5 Å². The summed E-state index contributed by atoms with van der Waals surface area (Å²) in [5.41, 5.74) is 3.78. The van der Waals surface area contributed by atoms with Crippen molar-refractivity contribution in [3.05, 3.63) is 58.3 Å². The molecule has 0 unspecified atom stereocenters. The fourth-order valence-electron chi connectivity index (χ4n) is 1.61. The van der Waals surface area contributed by atoms with Crippen LogP contribution in [-0.4, -0.2) is 18.4 Å². The maximum atomic E-state index is 13.5. The summed E-state index contributed by atoms with van der Waals surface area (Å²) < 4.78 is 19.4. The topological polar surface area (TPSA) is 45.6 Å². The number of benzene rings is 2. The summed E-state index contributed by atoms with van der Waals surface area (Å²) in [6.07, 6.45) is 1.36. The molecule has 2 N–H and O–H groups in total. The van der Waals surface area contributed by atoms with Gasteiger partial charge in [0.1, 0.15) is 11.6 Å². The Bertz CT molecular complexity index is 692. The van der Waals surface area contributed by atoms with Crippen molar-refractivity contribution < 1.29 is 9.13 Å². The molecular formula is C15H13BrFN3OS. The maximum absolute atomic E-state index is 13.5. The number of thiocarbonyl (C=S) groups is 1. The van der Waals surface area contributed by atoms with Gasteiger partial charge in [0.25, 0.3) is 0 Å². The summed E-state index contributed by atoms with van der Waals surface area (Å²) in [7, 11) is 1.60. The highest BCUT2D eigenvalue weighted by Gasteiger charge is 2.00. The molecule has 0 aliphatic rings. The highest BCUT2D eigenvalue weighted by atomic mass is 79.9. The quantitative estimate of drug-likeness (QED) is 0.478. The molecule has 4 nitrogen and oxygen atoms in total. The molecule has 0 saturated heterocycles. The van der Waals surface area contributed by atoms with Crippen molar-refractivity contribution in [2.75, 3.05) is 12.4 Å². The second kappa shape index (κ2) is 7.86. The Labute approximate surface area is 141 Å². The van der Waals surface area contributed by atoms with Crippen molar-refractivity contribution in [1.29, 1.82) is 0 Å². The molecule has 0 radical (unpaired) electrons. The van der Waals surface area contributed by atoms with Crippen molar-refractivity contribution in [3.63, 3.8) is 0 Å². The van der Waals surface area contributed by atoms with Crippen LogP contribution >= 0.6 is 28.1 Å². The average Bonchev–Trinajstić information content (AvgIpc) is 2.51. The summed E-state index contributed by atoms with van der Waals surface area (Å²) in [5.74, 6) is 0.398. The Morgan fingerprint density at radius 3 is 2.68 bits per heavy atom. The molecule has 0 heterocycles. The molecule has 0 saturated carbocycles. The first-order valence-corrected chi connectivity index (χ1v) is 7.48. The summed E-state index contributed by atoms with van der Waals surface area (Å²) >= 11 is 8.38.